The van der Waals surface area contributed by atoms with Gasteiger partial charge >= 0.3 is 11.9 Å². The first-order valence-electron chi connectivity index (χ1n) is 7.06. The van der Waals surface area contributed by atoms with Gasteiger partial charge in [-0.2, -0.15) is 0 Å². The van der Waals surface area contributed by atoms with Crippen LogP contribution in [0.2, 0.25) is 0 Å². The third-order valence-electron chi connectivity index (χ3n) is 3.52. The Labute approximate surface area is 137 Å². The maximum absolute atomic E-state index is 10.9. The maximum atomic E-state index is 10.9. The SMILES string of the molecule is O=C(O)c1ccc(-c2ccc(-c3ccc(C(=O)O)cc3)nn2)cc1. The van der Waals surface area contributed by atoms with Crippen molar-refractivity contribution in [2.75, 3.05) is 0 Å². The molecule has 1 heterocycles. The molecule has 2 N–H and O–H groups in total. The summed E-state index contributed by atoms with van der Waals surface area (Å²) in [5, 5.41) is 26.1. The topological polar surface area (TPSA) is 100 Å². The van der Waals surface area contributed by atoms with E-state index < -0.39 is 11.9 Å². The van der Waals surface area contributed by atoms with Gasteiger partial charge < -0.3 is 10.2 Å². The molecular weight excluding hydrogens is 308 g/mol. The van der Waals surface area contributed by atoms with Gasteiger partial charge in [0.05, 0.1) is 22.5 Å². The van der Waals surface area contributed by atoms with Crippen LogP contribution < -0.4 is 0 Å². The Morgan fingerprint density at radius 1 is 0.583 bits per heavy atom. The molecule has 1 aromatic heterocycles. The zero-order valence-corrected chi connectivity index (χ0v) is 12.4. The number of aromatic nitrogens is 2. The van der Waals surface area contributed by atoms with E-state index in [0.29, 0.717) is 11.4 Å². The maximum Gasteiger partial charge on any atom is 0.335 e. The molecule has 6 heteroatoms. The lowest BCUT2D eigenvalue weighted by molar-refractivity contribution is 0.0686. The van der Waals surface area contributed by atoms with E-state index in [1.54, 1.807) is 36.4 Å². The van der Waals surface area contributed by atoms with Gasteiger partial charge in [-0.05, 0) is 36.4 Å². The predicted octanol–water partition coefficient (Wildman–Crippen LogP) is 3.21. The number of aromatic carboxylic acids is 2. The standard InChI is InChI=1S/C18H12N2O4/c21-17(22)13-5-1-11(2-6-13)15-9-10-16(20-19-15)12-3-7-14(8-4-12)18(23)24/h1-10H,(H,21,22)(H,23,24). The molecule has 2 aromatic carbocycles. The molecule has 0 bridgehead atoms. The molecule has 0 aliphatic carbocycles. The monoisotopic (exact) mass is 320 g/mol. The lowest BCUT2D eigenvalue weighted by Crippen LogP contribution is -1.97. The Balaban J connectivity index is 1.84. The second-order valence-corrected chi connectivity index (χ2v) is 5.07. The van der Waals surface area contributed by atoms with Gasteiger partial charge in [0.2, 0.25) is 0 Å². The number of hydrogen-bond acceptors (Lipinski definition) is 4. The van der Waals surface area contributed by atoms with Crippen molar-refractivity contribution in [3.8, 4) is 22.5 Å². The summed E-state index contributed by atoms with van der Waals surface area (Å²) >= 11 is 0. The van der Waals surface area contributed by atoms with Crippen LogP contribution in [0.5, 0.6) is 0 Å². The second-order valence-electron chi connectivity index (χ2n) is 5.07. The summed E-state index contributed by atoms with van der Waals surface area (Å²) in [6.07, 6.45) is 0. The highest BCUT2D eigenvalue weighted by Gasteiger charge is 2.07. The minimum absolute atomic E-state index is 0.210. The second kappa shape index (κ2) is 6.29. The van der Waals surface area contributed by atoms with Crippen LogP contribution in [-0.2, 0) is 0 Å². The molecule has 0 aliphatic rings. The quantitative estimate of drug-likeness (QED) is 0.765. The van der Waals surface area contributed by atoms with Crippen LogP contribution in [0, 0.1) is 0 Å². The van der Waals surface area contributed by atoms with Crippen LogP contribution in [0.1, 0.15) is 20.7 Å². The highest BCUT2D eigenvalue weighted by Crippen LogP contribution is 2.21. The summed E-state index contributed by atoms with van der Waals surface area (Å²) < 4.78 is 0. The van der Waals surface area contributed by atoms with Crippen molar-refractivity contribution >= 4 is 11.9 Å². The van der Waals surface area contributed by atoms with Crippen molar-refractivity contribution in [3.63, 3.8) is 0 Å². The Bertz CT molecular complexity index is 809. The van der Waals surface area contributed by atoms with E-state index in [1.165, 1.54) is 24.3 Å². The van der Waals surface area contributed by atoms with Gasteiger partial charge in [0.25, 0.3) is 0 Å². The van der Waals surface area contributed by atoms with E-state index in [9.17, 15) is 9.59 Å². The zero-order chi connectivity index (χ0) is 17.1. The Kier molecular flexibility index (Phi) is 4.03. The third kappa shape index (κ3) is 3.12. The van der Waals surface area contributed by atoms with Crippen molar-refractivity contribution in [1.29, 1.82) is 0 Å². The van der Waals surface area contributed by atoms with E-state index >= 15 is 0 Å². The van der Waals surface area contributed by atoms with Crippen LogP contribution in [-0.4, -0.2) is 32.3 Å². The first-order valence-corrected chi connectivity index (χ1v) is 7.06. The molecular formula is C18H12N2O4. The summed E-state index contributed by atoms with van der Waals surface area (Å²) in [7, 11) is 0. The fourth-order valence-corrected chi connectivity index (χ4v) is 2.21. The lowest BCUT2D eigenvalue weighted by atomic mass is 10.1. The van der Waals surface area contributed by atoms with Crippen LogP contribution >= 0.6 is 0 Å². The molecule has 0 saturated heterocycles. The van der Waals surface area contributed by atoms with Crippen LogP contribution in [0.25, 0.3) is 22.5 Å². The largest absolute Gasteiger partial charge is 0.478 e. The minimum atomic E-state index is -0.979. The molecule has 0 spiro atoms. The zero-order valence-electron chi connectivity index (χ0n) is 12.4. The first-order chi connectivity index (χ1) is 11.5. The molecule has 0 aliphatic heterocycles. The smallest absolute Gasteiger partial charge is 0.335 e. The minimum Gasteiger partial charge on any atom is -0.478 e. The van der Waals surface area contributed by atoms with E-state index in [2.05, 4.69) is 10.2 Å². The van der Waals surface area contributed by atoms with Gasteiger partial charge in [-0.25, -0.2) is 9.59 Å². The highest BCUT2D eigenvalue weighted by molar-refractivity contribution is 5.88. The van der Waals surface area contributed by atoms with E-state index in [0.717, 1.165) is 11.1 Å². The normalized spacial score (nSPS) is 10.3. The molecule has 0 unspecified atom stereocenters. The van der Waals surface area contributed by atoms with Crippen molar-refractivity contribution < 1.29 is 19.8 Å². The van der Waals surface area contributed by atoms with Crippen LogP contribution in [0.15, 0.2) is 60.7 Å². The van der Waals surface area contributed by atoms with Gasteiger partial charge in [-0.1, -0.05) is 24.3 Å². The predicted molar refractivity (Wildman–Crippen MR) is 86.8 cm³/mol. The van der Waals surface area contributed by atoms with E-state index in [-0.39, 0.29) is 11.1 Å². The summed E-state index contributed by atoms with van der Waals surface area (Å²) in [6.45, 7) is 0. The van der Waals surface area contributed by atoms with E-state index in [1.807, 2.05) is 0 Å². The molecule has 0 amide bonds. The number of nitrogens with zero attached hydrogens (tertiary/aromatic N) is 2. The van der Waals surface area contributed by atoms with Gasteiger partial charge in [-0.15, -0.1) is 10.2 Å². The Morgan fingerprint density at radius 3 is 1.17 bits per heavy atom. The van der Waals surface area contributed by atoms with Crippen molar-refractivity contribution in [2.45, 2.75) is 0 Å². The number of rotatable bonds is 4. The van der Waals surface area contributed by atoms with Crippen molar-refractivity contribution in [2.24, 2.45) is 0 Å². The van der Waals surface area contributed by atoms with Gasteiger partial charge in [-0.3, -0.25) is 0 Å². The molecule has 3 rings (SSSR count). The van der Waals surface area contributed by atoms with Crippen molar-refractivity contribution in [1.82, 2.24) is 10.2 Å². The average molecular weight is 320 g/mol. The van der Waals surface area contributed by atoms with Crippen LogP contribution in [0.3, 0.4) is 0 Å². The molecule has 0 atom stereocenters. The molecule has 6 nitrogen and oxygen atoms in total. The first kappa shape index (κ1) is 15.4. The lowest BCUT2D eigenvalue weighted by Gasteiger charge is -2.04. The number of hydrogen-bond donors (Lipinski definition) is 2. The molecule has 3 aromatic rings. The summed E-state index contributed by atoms with van der Waals surface area (Å²) in [5.74, 6) is -1.96. The van der Waals surface area contributed by atoms with Gasteiger partial charge in [0, 0.05) is 11.1 Å². The average Bonchev–Trinajstić information content (AvgIpc) is 2.62. The fraction of sp³-hybridized carbons (Fsp3) is 0. The number of carboxylic acid groups (broad SMARTS) is 2. The van der Waals surface area contributed by atoms with Crippen molar-refractivity contribution in [3.05, 3.63) is 71.8 Å². The van der Waals surface area contributed by atoms with Gasteiger partial charge in [0.15, 0.2) is 0 Å². The molecule has 0 fully saturated rings. The number of benzene rings is 2. The molecule has 24 heavy (non-hydrogen) atoms. The summed E-state index contributed by atoms with van der Waals surface area (Å²) in [5.41, 5.74) is 3.19. The molecule has 0 saturated carbocycles. The highest BCUT2D eigenvalue weighted by atomic mass is 16.4. The summed E-state index contributed by atoms with van der Waals surface area (Å²) in [6, 6.07) is 16.3. The van der Waals surface area contributed by atoms with Crippen LogP contribution in [0.4, 0.5) is 0 Å². The Hall–Kier alpha value is -3.54. The Morgan fingerprint density at radius 2 is 0.917 bits per heavy atom. The molecule has 0 radical (unpaired) electrons. The third-order valence-corrected chi connectivity index (χ3v) is 3.52. The fourth-order valence-electron chi connectivity index (χ4n) is 2.21. The summed E-state index contributed by atoms with van der Waals surface area (Å²) in [4.78, 5) is 21.7. The van der Waals surface area contributed by atoms with E-state index in [4.69, 9.17) is 10.2 Å². The van der Waals surface area contributed by atoms with Gasteiger partial charge in [0.1, 0.15) is 0 Å². The number of carboxylic acids is 2. The molecule has 118 valence electrons. The number of carbonyl (C=O) groups is 2.